The number of aromatic nitrogens is 3. The summed E-state index contributed by atoms with van der Waals surface area (Å²) in [6.07, 6.45) is 4.44. The molecule has 0 bridgehead atoms. The molecule has 7 nitrogen and oxygen atoms in total. The van der Waals surface area contributed by atoms with E-state index >= 15 is 0 Å². The first kappa shape index (κ1) is 21.9. The number of amides is 2. The van der Waals surface area contributed by atoms with Gasteiger partial charge in [-0.3, -0.25) is 14.2 Å². The zero-order chi connectivity index (χ0) is 21.8. The van der Waals surface area contributed by atoms with Crippen molar-refractivity contribution >= 4 is 23.6 Å². The van der Waals surface area contributed by atoms with Gasteiger partial charge in [0, 0.05) is 49.5 Å². The molecule has 1 aliphatic carbocycles. The molecule has 2 amide bonds. The number of carbonyl (C=O) groups is 2. The zero-order valence-corrected chi connectivity index (χ0v) is 19.2. The van der Waals surface area contributed by atoms with Gasteiger partial charge in [0.25, 0.3) is 0 Å². The van der Waals surface area contributed by atoms with Crippen LogP contribution >= 0.6 is 11.8 Å². The average Bonchev–Trinajstić information content (AvgIpc) is 3.56. The fraction of sp³-hybridized carbons (Fsp3) is 0.565. The summed E-state index contributed by atoms with van der Waals surface area (Å²) >= 11 is 1.68. The van der Waals surface area contributed by atoms with E-state index in [1.807, 2.05) is 34.9 Å². The maximum atomic E-state index is 12.6. The molecule has 31 heavy (non-hydrogen) atoms. The third-order valence-electron chi connectivity index (χ3n) is 6.02. The number of aryl methyl sites for hydroxylation is 1. The lowest BCUT2D eigenvalue weighted by atomic mass is 10.1. The molecule has 2 aliphatic rings. The molecule has 1 unspecified atom stereocenters. The average molecular weight is 442 g/mol. The molecular formula is C23H31N5O2S. The van der Waals surface area contributed by atoms with Gasteiger partial charge in [0.2, 0.25) is 11.8 Å². The van der Waals surface area contributed by atoms with Crippen molar-refractivity contribution < 1.29 is 9.59 Å². The van der Waals surface area contributed by atoms with Crippen LogP contribution in [0.25, 0.3) is 5.69 Å². The molecule has 1 aromatic heterocycles. The molecule has 1 saturated heterocycles. The molecule has 2 heterocycles. The van der Waals surface area contributed by atoms with Crippen LogP contribution in [0.2, 0.25) is 0 Å². The Labute approximate surface area is 188 Å². The molecule has 8 heteroatoms. The van der Waals surface area contributed by atoms with Crippen molar-refractivity contribution in [1.29, 1.82) is 0 Å². The Morgan fingerprint density at radius 2 is 1.87 bits per heavy atom. The van der Waals surface area contributed by atoms with Gasteiger partial charge in [-0.05, 0) is 51.7 Å². The first-order valence-electron chi connectivity index (χ1n) is 11.2. The molecule has 166 valence electrons. The molecule has 4 rings (SSSR count). The van der Waals surface area contributed by atoms with Gasteiger partial charge < -0.3 is 9.80 Å². The van der Waals surface area contributed by atoms with E-state index in [0.29, 0.717) is 26.1 Å². The highest BCUT2D eigenvalue weighted by Gasteiger charge is 2.37. The predicted octanol–water partition coefficient (Wildman–Crippen LogP) is 3.31. The molecule has 1 aliphatic heterocycles. The summed E-state index contributed by atoms with van der Waals surface area (Å²) in [6, 6.07) is 10.2. The van der Waals surface area contributed by atoms with E-state index in [9.17, 15) is 9.59 Å². The van der Waals surface area contributed by atoms with Gasteiger partial charge in [-0.15, -0.1) is 10.2 Å². The van der Waals surface area contributed by atoms with Gasteiger partial charge >= 0.3 is 0 Å². The Bertz CT molecular complexity index is 912. The summed E-state index contributed by atoms with van der Waals surface area (Å²) < 4.78 is 2.07. The van der Waals surface area contributed by atoms with Crippen molar-refractivity contribution in [3.63, 3.8) is 0 Å². The Balaban J connectivity index is 1.19. The second-order valence-electron chi connectivity index (χ2n) is 8.50. The second kappa shape index (κ2) is 9.85. The third-order valence-corrected chi connectivity index (χ3v) is 7.03. The van der Waals surface area contributed by atoms with Gasteiger partial charge in [-0.25, -0.2) is 0 Å². The molecule has 0 N–H and O–H groups in total. The van der Waals surface area contributed by atoms with E-state index < -0.39 is 0 Å². The number of hydrogen-bond donors (Lipinski definition) is 0. The molecule has 1 saturated carbocycles. The van der Waals surface area contributed by atoms with Crippen molar-refractivity contribution in [3.05, 3.63) is 36.2 Å². The standard InChI is InChI=1S/C23H31N5O2S/c1-17-16-26(13-14-27(17)22(30)19-11-12-19)21(29)10-6-7-15-31-23-25-24-18(2)28(23)20-8-4-3-5-9-20/h3-5,8-9,17,19H,6-7,10-16H2,1-2H3. The Kier molecular flexibility index (Phi) is 6.95. The number of carbonyl (C=O) groups excluding carboxylic acids is 2. The molecule has 1 atom stereocenters. The van der Waals surface area contributed by atoms with Crippen LogP contribution in [0.3, 0.4) is 0 Å². The lowest BCUT2D eigenvalue weighted by Crippen LogP contribution is -2.55. The first-order chi connectivity index (χ1) is 15.0. The number of rotatable bonds is 8. The van der Waals surface area contributed by atoms with E-state index in [-0.39, 0.29) is 23.8 Å². The van der Waals surface area contributed by atoms with Gasteiger partial charge in [-0.1, -0.05) is 30.0 Å². The van der Waals surface area contributed by atoms with Crippen LogP contribution in [-0.4, -0.2) is 67.8 Å². The van der Waals surface area contributed by atoms with E-state index in [4.69, 9.17) is 0 Å². The van der Waals surface area contributed by atoms with Crippen molar-refractivity contribution in [3.8, 4) is 5.69 Å². The normalized spacial score (nSPS) is 19.0. The maximum Gasteiger partial charge on any atom is 0.226 e. The van der Waals surface area contributed by atoms with Crippen molar-refractivity contribution in [2.45, 2.75) is 57.1 Å². The molecule has 2 aromatic rings. The van der Waals surface area contributed by atoms with Crippen LogP contribution in [0.5, 0.6) is 0 Å². The van der Waals surface area contributed by atoms with Crippen LogP contribution in [0.4, 0.5) is 0 Å². The van der Waals surface area contributed by atoms with Gasteiger partial charge in [0.15, 0.2) is 5.16 Å². The number of hydrogen-bond acceptors (Lipinski definition) is 5. The van der Waals surface area contributed by atoms with E-state index in [1.165, 1.54) is 0 Å². The summed E-state index contributed by atoms with van der Waals surface area (Å²) in [4.78, 5) is 28.9. The molecule has 2 fully saturated rings. The van der Waals surface area contributed by atoms with Crippen LogP contribution < -0.4 is 0 Å². The van der Waals surface area contributed by atoms with Gasteiger partial charge in [-0.2, -0.15) is 0 Å². The highest BCUT2D eigenvalue weighted by atomic mass is 32.2. The van der Waals surface area contributed by atoms with Crippen LogP contribution in [0.1, 0.15) is 44.9 Å². The van der Waals surface area contributed by atoms with Crippen LogP contribution in [-0.2, 0) is 9.59 Å². The number of benzene rings is 1. The zero-order valence-electron chi connectivity index (χ0n) is 18.4. The van der Waals surface area contributed by atoms with E-state index in [1.54, 1.807) is 11.8 Å². The number of nitrogens with zero attached hydrogens (tertiary/aromatic N) is 5. The van der Waals surface area contributed by atoms with Crippen LogP contribution in [0, 0.1) is 12.8 Å². The summed E-state index contributed by atoms with van der Waals surface area (Å²) in [5.74, 6) is 2.52. The minimum Gasteiger partial charge on any atom is -0.339 e. The SMILES string of the molecule is Cc1nnc(SCCCCC(=O)N2CCN(C(=O)C3CC3)C(C)C2)n1-c1ccccc1. The summed E-state index contributed by atoms with van der Waals surface area (Å²) in [5, 5.41) is 9.43. The predicted molar refractivity (Wildman–Crippen MR) is 121 cm³/mol. The summed E-state index contributed by atoms with van der Waals surface area (Å²) in [7, 11) is 0. The topological polar surface area (TPSA) is 71.3 Å². The van der Waals surface area contributed by atoms with Crippen LogP contribution in [0.15, 0.2) is 35.5 Å². The van der Waals surface area contributed by atoms with E-state index in [2.05, 4.69) is 33.8 Å². The lowest BCUT2D eigenvalue weighted by Gasteiger charge is -2.40. The molecule has 1 aromatic carbocycles. The first-order valence-corrected chi connectivity index (χ1v) is 12.2. The lowest BCUT2D eigenvalue weighted by molar-refractivity contribution is -0.143. The molecule has 0 radical (unpaired) electrons. The van der Waals surface area contributed by atoms with Gasteiger partial charge in [0.1, 0.15) is 5.82 Å². The highest BCUT2D eigenvalue weighted by Crippen LogP contribution is 2.32. The molecular weight excluding hydrogens is 410 g/mol. The highest BCUT2D eigenvalue weighted by molar-refractivity contribution is 7.99. The Morgan fingerprint density at radius 1 is 1.10 bits per heavy atom. The Hall–Kier alpha value is -2.35. The van der Waals surface area contributed by atoms with Crippen molar-refractivity contribution in [1.82, 2.24) is 24.6 Å². The fourth-order valence-electron chi connectivity index (χ4n) is 4.09. The number of thioether (sulfide) groups is 1. The summed E-state index contributed by atoms with van der Waals surface area (Å²) in [6.45, 7) is 6.01. The third kappa shape index (κ3) is 5.29. The molecule has 0 spiro atoms. The fourth-order valence-corrected chi connectivity index (χ4v) is 5.08. The maximum absolute atomic E-state index is 12.6. The quantitative estimate of drug-likeness (QED) is 0.464. The van der Waals surface area contributed by atoms with E-state index in [0.717, 1.165) is 48.1 Å². The van der Waals surface area contributed by atoms with Crippen molar-refractivity contribution in [2.24, 2.45) is 5.92 Å². The van der Waals surface area contributed by atoms with Crippen molar-refractivity contribution in [2.75, 3.05) is 25.4 Å². The minimum atomic E-state index is 0.119. The number of unbranched alkanes of at least 4 members (excludes halogenated alkanes) is 1. The smallest absolute Gasteiger partial charge is 0.226 e. The minimum absolute atomic E-state index is 0.119. The van der Waals surface area contributed by atoms with Gasteiger partial charge in [0.05, 0.1) is 0 Å². The second-order valence-corrected chi connectivity index (χ2v) is 9.56. The summed E-state index contributed by atoms with van der Waals surface area (Å²) in [5.41, 5.74) is 1.07. The largest absolute Gasteiger partial charge is 0.339 e. The Morgan fingerprint density at radius 3 is 2.58 bits per heavy atom. The number of para-hydroxylation sites is 1. The monoisotopic (exact) mass is 441 g/mol. The number of piperazine rings is 1.